The third-order valence-electron chi connectivity index (χ3n) is 4.72. The van der Waals surface area contributed by atoms with Crippen LogP contribution in [0.5, 0.6) is 0 Å². The summed E-state index contributed by atoms with van der Waals surface area (Å²) in [5.41, 5.74) is 5.11. The minimum atomic E-state index is 0.235. The summed E-state index contributed by atoms with van der Waals surface area (Å²) < 4.78 is 0. The van der Waals surface area contributed by atoms with E-state index in [2.05, 4.69) is 61.6 Å². The Kier molecular flexibility index (Phi) is 5.19. The molecule has 0 bridgehead atoms. The van der Waals surface area contributed by atoms with E-state index in [4.69, 9.17) is 0 Å². The van der Waals surface area contributed by atoms with Crippen LogP contribution in [0.1, 0.15) is 42.9 Å². The first kappa shape index (κ1) is 16.6. The van der Waals surface area contributed by atoms with Gasteiger partial charge in [-0.05, 0) is 35.1 Å². The zero-order chi connectivity index (χ0) is 16.9. The van der Waals surface area contributed by atoms with Gasteiger partial charge in [0.1, 0.15) is 0 Å². The number of para-hydroxylation sites is 1. The molecule has 0 fully saturated rings. The molecule has 0 atom stereocenters. The number of rotatable bonds is 5. The highest BCUT2D eigenvalue weighted by Crippen LogP contribution is 2.24. The summed E-state index contributed by atoms with van der Waals surface area (Å²) >= 11 is 0. The van der Waals surface area contributed by atoms with Crippen LogP contribution in [0.4, 0.5) is 5.69 Å². The van der Waals surface area contributed by atoms with Crippen molar-refractivity contribution in [3.05, 3.63) is 65.2 Å². The minimum Gasteiger partial charge on any atom is -0.384 e. The number of nitrogens with one attached hydrogen (secondary N) is 1. The van der Waals surface area contributed by atoms with E-state index >= 15 is 0 Å². The molecule has 3 heteroatoms. The van der Waals surface area contributed by atoms with Gasteiger partial charge < -0.3 is 10.2 Å². The van der Waals surface area contributed by atoms with Crippen LogP contribution in [-0.2, 0) is 17.8 Å². The molecule has 1 heterocycles. The molecule has 2 aromatic rings. The van der Waals surface area contributed by atoms with Crippen LogP contribution in [0.25, 0.3) is 0 Å². The van der Waals surface area contributed by atoms with E-state index < -0.39 is 0 Å². The summed E-state index contributed by atoms with van der Waals surface area (Å²) in [6.07, 6.45) is 1.50. The number of carbonyl (C=O) groups excluding carboxylic acids is 1. The molecule has 1 aliphatic rings. The van der Waals surface area contributed by atoms with E-state index in [1.807, 2.05) is 11.0 Å². The van der Waals surface area contributed by atoms with Crippen molar-refractivity contribution in [1.82, 2.24) is 4.90 Å². The van der Waals surface area contributed by atoms with Gasteiger partial charge in [0.15, 0.2) is 0 Å². The first-order valence-electron chi connectivity index (χ1n) is 8.82. The number of nitrogens with zero attached hydrogens (tertiary/aromatic N) is 1. The molecule has 0 saturated carbocycles. The lowest BCUT2D eigenvalue weighted by Crippen LogP contribution is -2.36. The number of benzene rings is 2. The van der Waals surface area contributed by atoms with Crippen molar-refractivity contribution in [3.8, 4) is 0 Å². The number of fused-ring (bicyclic) bond motifs is 1. The van der Waals surface area contributed by atoms with Crippen molar-refractivity contribution >= 4 is 11.6 Å². The number of hydrogen-bond donors (Lipinski definition) is 1. The van der Waals surface area contributed by atoms with Crippen LogP contribution in [0.15, 0.2) is 48.5 Å². The van der Waals surface area contributed by atoms with Gasteiger partial charge in [-0.15, -0.1) is 0 Å². The number of hydrogen-bond acceptors (Lipinski definition) is 2. The van der Waals surface area contributed by atoms with Crippen molar-refractivity contribution < 1.29 is 4.79 Å². The Labute approximate surface area is 144 Å². The first-order valence-corrected chi connectivity index (χ1v) is 8.82. The molecule has 0 spiro atoms. The lowest BCUT2D eigenvalue weighted by atomic mass is 9.99. The molecule has 1 aliphatic heterocycles. The number of anilines is 1. The highest BCUT2D eigenvalue weighted by molar-refractivity contribution is 5.77. The van der Waals surface area contributed by atoms with Crippen molar-refractivity contribution in [1.29, 1.82) is 0 Å². The molecule has 0 aliphatic carbocycles. The summed E-state index contributed by atoms with van der Waals surface area (Å²) in [5.74, 6) is 0.710. The van der Waals surface area contributed by atoms with Crippen LogP contribution in [0.2, 0.25) is 0 Å². The van der Waals surface area contributed by atoms with Gasteiger partial charge in [0.2, 0.25) is 5.91 Å². The van der Waals surface area contributed by atoms with E-state index in [0.717, 1.165) is 25.2 Å². The van der Waals surface area contributed by atoms with Crippen molar-refractivity contribution in [2.75, 3.05) is 18.4 Å². The zero-order valence-corrected chi connectivity index (χ0v) is 14.6. The predicted molar refractivity (Wildman–Crippen MR) is 99.2 cm³/mol. The molecule has 3 nitrogen and oxygen atoms in total. The molecule has 1 amide bonds. The van der Waals surface area contributed by atoms with Crippen molar-refractivity contribution in [3.63, 3.8) is 0 Å². The zero-order valence-electron chi connectivity index (χ0n) is 14.6. The maximum absolute atomic E-state index is 12.5. The van der Waals surface area contributed by atoms with E-state index in [0.29, 0.717) is 18.9 Å². The van der Waals surface area contributed by atoms with Gasteiger partial charge in [0.05, 0.1) is 0 Å². The summed E-state index contributed by atoms with van der Waals surface area (Å²) in [7, 11) is 0. The molecular weight excluding hydrogens is 296 g/mol. The molecule has 126 valence electrons. The van der Waals surface area contributed by atoms with E-state index in [-0.39, 0.29) is 5.91 Å². The minimum absolute atomic E-state index is 0.235. The Bertz CT molecular complexity index is 708. The van der Waals surface area contributed by atoms with Gasteiger partial charge in [-0.2, -0.15) is 0 Å². The molecule has 24 heavy (non-hydrogen) atoms. The fourth-order valence-electron chi connectivity index (χ4n) is 3.33. The lowest BCUT2D eigenvalue weighted by molar-refractivity contribution is -0.131. The summed E-state index contributed by atoms with van der Waals surface area (Å²) in [4.78, 5) is 14.5. The monoisotopic (exact) mass is 322 g/mol. The Hall–Kier alpha value is -2.29. The molecular formula is C21H26N2O. The standard InChI is InChI=1S/C21H26N2O/c1-16(2)19-9-5-6-10-20(19)22-13-11-21(24)23-14-12-17-7-3-4-8-18(17)15-23/h3-10,16,22H,11-15H2,1-2H3. The SMILES string of the molecule is CC(C)c1ccccc1NCCC(=O)N1CCc2ccccc2C1. The lowest BCUT2D eigenvalue weighted by Gasteiger charge is -2.29. The van der Waals surface area contributed by atoms with Crippen LogP contribution < -0.4 is 5.32 Å². The average molecular weight is 322 g/mol. The van der Waals surface area contributed by atoms with Gasteiger partial charge in [0.25, 0.3) is 0 Å². The largest absolute Gasteiger partial charge is 0.384 e. The Balaban J connectivity index is 1.54. The van der Waals surface area contributed by atoms with Gasteiger partial charge >= 0.3 is 0 Å². The van der Waals surface area contributed by atoms with Gasteiger partial charge in [-0.25, -0.2) is 0 Å². The van der Waals surface area contributed by atoms with Crippen molar-refractivity contribution in [2.45, 2.75) is 39.2 Å². The molecule has 1 N–H and O–H groups in total. The van der Waals surface area contributed by atoms with Crippen molar-refractivity contribution in [2.24, 2.45) is 0 Å². The topological polar surface area (TPSA) is 32.3 Å². The Morgan fingerprint density at radius 1 is 1.08 bits per heavy atom. The molecule has 3 rings (SSSR count). The molecule has 2 aromatic carbocycles. The third kappa shape index (κ3) is 3.78. The summed E-state index contributed by atoms with van der Waals surface area (Å²) in [5, 5.41) is 3.44. The van der Waals surface area contributed by atoms with Gasteiger partial charge in [0, 0.05) is 31.7 Å². The Morgan fingerprint density at radius 2 is 1.79 bits per heavy atom. The predicted octanol–water partition coefficient (Wildman–Crippen LogP) is 4.20. The molecule has 0 aromatic heterocycles. The third-order valence-corrected chi connectivity index (χ3v) is 4.72. The van der Waals surface area contributed by atoms with Crippen LogP contribution in [-0.4, -0.2) is 23.9 Å². The highest BCUT2D eigenvalue weighted by atomic mass is 16.2. The maximum atomic E-state index is 12.5. The Morgan fingerprint density at radius 3 is 2.58 bits per heavy atom. The molecule has 0 radical (unpaired) electrons. The second kappa shape index (κ2) is 7.52. The summed E-state index contributed by atoms with van der Waals surface area (Å²) in [6, 6.07) is 16.8. The number of amides is 1. The first-order chi connectivity index (χ1) is 11.6. The van der Waals surface area contributed by atoms with Crippen LogP contribution >= 0.6 is 0 Å². The average Bonchev–Trinajstić information content (AvgIpc) is 2.61. The molecule has 0 unspecified atom stereocenters. The maximum Gasteiger partial charge on any atom is 0.224 e. The fourth-order valence-corrected chi connectivity index (χ4v) is 3.33. The second-order valence-electron chi connectivity index (χ2n) is 6.75. The fraction of sp³-hybridized carbons (Fsp3) is 0.381. The van der Waals surface area contributed by atoms with Gasteiger partial charge in [-0.1, -0.05) is 56.3 Å². The van der Waals surface area contributed by atoms with Crippen LogP contribution in [0, 0.1) is 0 Å². The van der Waals surface area contributed by atoms with E-state index in [9.17, 15) is 4.79 Å². The smallest absolute Gasteiger partial charge is 0.224 e. The highest BCUT2D eigenvalue weighted by Gasteiger charge is 2.19. The second-order valence-corrected chi connectivity index (χ2v) is 6.75. The van der Waals surface area contributed by atoms with E-state index in [1.165, 1.54) is 16.7 Å². The van der Waals surface area contributed by atoms with Crippen LogP contribution in [0.3, 0.4) is 0 Å². The molecule has 0 saturated heterocycles. The number of carbonyl (C=O) groups is 1. The van der Waals surface area contributed by atoms with E-state index in [1.54, 1.807) is 0 Å². The van der Waals surface area contributed by atoms with Gasteiger partial charge in [-0.3, -0.25) is 4.79 Å². The summed E-state index contributed by atoms with van der Waals surface area (Å²) in [6.45, 7) is 6.64. The normalized spacial score (nSPS) is 13.7. The quantitative estimate of drug-likeness (QED) is 0.895.